The summed E-state index contributed by atoms with van der Waals surface area (Å²) in [5.41, 5.74) is 8.11. The van der Waals surface area contributed by atoms with Gasteiger partial charge in [0.25, 0.3) is 0 Å². The van der Waals surface area contributed by atoms with Gasteiger partial charge in [-0.3, -0.25) is 4.57 Å². The van der Waals surface area contributed by atoms with Crippen molar-refractivity contribution in [2.75, 3.05) is 0 Å². The van der Waals surface area contributed by atoms with E-state index in [1.807, 2.05) is 36.4 Å². The first-order valence-corrected chi connectivity index (χ1v) is 9.29. The molecule has 0 saturated heterocycles. The van der Waals surface area contributed by atoms with Gasteiger partial charge in [0.05, 0.1) is 5.30 Å². The number of hydrogen-bond donors (Lipinski definition) is 1. The molecule has 0 heterocycles. The van der Waals surface area contributed by atoms with E-state index in [0.29, 0.717) is 11.1 Å². The summed E-state index contributed by atoms with van der Waals surface area (Å²) >= 11 is 0. The molecule has 118 valence electrons. The van der Waals surface area contributed by atoms with Crippen LogP contribution in [-0.4, -0.2) is 0 Å². The van der Waals surface area contributed by atoms with Gasteiger partial charge in [0, 0.05) is 0 Å². The lowest BCUT2D eigenvalue weighted by Crippen LogP contribution is -2.17. The van der Waals surface area contributed by atoms with Crippen molar-refractivity contribution < 1.29 is 9.09 Å². The highest BCUT2D eigenvalue weighted by molar-refractivity contribution is 7.65. The van der Waals surface area contributed by atoms with Crippen molar-refractivity contribution in [3.63, 3.8) is 0 Å². The second-order valence-electron chi connectivity index (χ2n) is 6.10. The SMILES string of the molecule is CC(C)c1cccc(C(C)C)c1OP(N)(=O)c1ccccc1. The zero-order valence-electron chi connectivity index (χ0n) is 13.6. The molecule has 2 aromatic carbocycles. The third-order valence-corrected chi connectivity index (χ3v) is 5.13. The number of nitrogens with two attached hydrogens (primary N) is 1. The summed E-state index contributed by atoms with van der Waals surface area (Å²) in [6.45, 7) is 8.37. The van der Waals surface area contributed by atoms with E-state index in [0.717, 1.165) is 11.1 Å². The molecule has 1 atom stereocenters. The highest BCUT2D eigenvalue weighted by Gasteiger charge is 2.26. The van der Waals surface area contributed by atoms with Crippen LogP contribution in [0.4, 0.5) is 0 Å². The Morgan fingerprint density at radius 1 is 0.864 bits per heavy atom. The van der Waals surface area contributed by atoms with Crippen LogP contribution in [0.1, 0.15) is 50.7 Å². The van der Waals surface area contributed by atoms with E-state index < -0.39 is 7.52 Å². The van der Waals surface area contributed by atoms with Crippen LogP contribution in [0.25, 0.3) is 0 Å². The molecule has 0 aromatic heterocycles. The summed E-state index contributed by atoms with van der Waals surface area (Å²) in [5, 5.41) is 0.531. The maximum atomic E-state index is 12.9. The molecule has 0 saturated carbocycles. The van der Waals surface area contributed by atoms with E-state index in [4.69, 9.17) is 10.0 Å². The van der Waals surface area contributed by atoms with Crippen molar-refractivity contribution in [1.82, 2.24) is 0 Å². The molecule has 0 aliphatic rings. The third kappa shape index (κ3) is 3.60. The molecule has 2 N–H and O–H groups in total. The van der Waals surface area contributed by atoms with Crippen LogP contribution in [0.5, 0.6) is 5.75 Å². The number of hydrogen-bond acceptors (Lipinski definition) is 2. The van der Waals surface area contributed by atoms with E-state index in [1.165, 1.54) is 0 Å². The molecular formula is C18H24NO2P. The molecule has 3 nitrogen and oxygen atoms in total. The Kier molecular flexibility index (Phi) is 5.10. The molecule has 4 heteroatoms. The van der Waals surface area contributed by atoms with Gasteiger partial charge in [-0.15, -0.1) is 0 Å². The van der Waals surface area contributed by atoms with Crippen molar-refractivity contribution in [3.05, 3.63) is 59.7 Å². The van der Waals surface area contributed by atoms with Gasteiger partial charge in [-0.1, -0.05) is 64.1 Å². The summed E-state index contributed by atoms with van der Waals surface area (Å²) < 4.78 is 18.8. The van der Waals surface area contributed by atoms with E-state index in [-0.39, 0.29) is 11.8 Å². The Morgan fingerprint density at radius 3 is 1.82 bits per heavy atom. The summed E-state index contributed by atoms with van der Waals surface area (Å²) in [6, 6.07) is 15.0. The number of rotatable bonds is 5. The Bertz CT molecular complexity index is 654. The van der Waals surface area contributed by atoms with E-state index in [1.54, 1.807) is 12.1 Å². The zero-order valence-corrected chi connectivity index (χ0v) is 14.5. The minimum atomic E-state index is -3.40. The standard InChI is InChI=1S/C18H24NO2P/c1-13(2)16-11-8-12-17(14(3)4)18(16)21-22(19,20)15-9-6-5-7-10-15/h5-14H,1-4H3,(H2,19,20). The van der Waals surface area contributed by atoms with Crippen LogP contribution in [0, 0.1) is 0 Å². The Balaban J connectivity index is 2.50. The molecule has 2 rings (SSSR count). The van der Waals surface area contributed by atoms with Crippen molar-refractivity contribution in [2.24, 2.45) is 5.50 Å². The molecule has 0 aliphatic carbocycles. The topological polar surface area (TPSA) is 52.3 Å². The molecule has 0 radical (unpaired) electrons. The molecule has 0 aliphatic heterocycles. The third-order valence-electron chi connectivity index (χ3n) is 3.66. The van der Waals surface area contributed by atoms with E-state index in [9.17, 15) is 4.57 Å². The molecule has 22 heavy (non-hydrogen) atoms. The summed E-state index contributed by atoms with van der Waals surface area (Å²) in [7, 11) is -3.40. The maximum Gasteiger partial charge on any atom is 0.344 e. The lowest BCUT2D eigenvalue weighted by atomic mass is 9.94. The molecule has 2 aromatic rings. The van der Waals surface area contributed by atoms with Crippen LogP contribution in [0.15, 0.2) is 48.5 Å². The highest BCUT2D eigenvalue weighted by Crippen LogP contribution is 2.44. The predicted molar refractivity (Wildman–Crippen MR) is 93.1 cm³/mol. The fourth-order valence-electron chi connectivity index (χ4n) is 2.41. The minimum absolute atomic E-state index is 0.268. The van der Waals surface area contributed by atoms with Gasteiger partial charge in [-0.25, -0.2) is 5.50 Å². The van der Waals surface area contributed by atoms with E-state index in [2.05, 4.69) is 27.7 Å². The zero-order chi connectivity index (χ0) is 16.3. The summed E-state index contributed by atoms with van der Waals surface area (Å²) in [4.78, 5) is 0. The second kappa shape index (κ2) is 6.68. The summed E-state index contributed by atoms with van der Waals surface area (Å²) in [5.74, 6) is 1.20. The Hall–Kier alpha value is -1.57. The first-order chi connectivity index (χ1) is 10.3. The van der Waals surface area contributed by atoms with Crippen LogP contribution >= 0.6 is 7.52 Å². The molecule has 1 unspecified atom stereocenters. The summed E-state index contributed by atoms with van der Waals surface area (Å²) in [6.07, 6.45) is 0. The Labute approximate surface area is 133 Å². The minimum Gasteiger partial charge on any atom is -0.429 e. The molecule has 0 amide bonds. The first kappa shape index (κ1) is 16.8. The predicted octanol–water partition coefficient (Wildman–Crippen LogP) is 4.79. The van der Waals surface area contributed by atoms with Crippen LogP contribution in [0.3, 0.4) is 0 Å². The average Bonchev–Trinajstić information content (AvgIpc) is 2.47. The normalized spacial score (nSPS) is 14.1. The van der Waals surface area contributed by atoms with Gasteiger partial charge < -0.3 is 4.52 Å². The molecule has 0 spiro atoms. The van der Waals surface area contributed by atoms with Crippen molar-refractivity contribution in [2.45, 2.75) is 39.5 Å². The fraction of sp³-hybridized carbons (Fsp3) is 0.333. The van der Waals surface area contributed by atoms with Gasteiger partial charge in [0.1, 0.15) is 5.75 Å². The van der Waals surface area contributed by atoms with Gasteiger partial charge in [-0.2, -0.15) is 0 Å². The first-order valence-electron chi connectivity index (χ1n) is 7.59. The lowest BCUT2D eigenvalue weighted by Gasteiger charge is -2.23. The van der Waals surface area contributed by atoms with Crippen LogP contribution < -0.4 is 15.3 Å². The smallest absolute Gasteiger partial charge is 0.344 e. The van der Waals surface area contributed by atoms with Crippen LogP contribution in [-0.2, 0) is 4.57 Å². The second-order valence-corrected chi connectivity index (χ2v) is 7.99. The van der Waals surface area contributed by atoms with Gasteiger partial charge >= 0.3 is 7.52 Å². The lowest BCUT2D eigenvalue weighted by molar-refractivity contribution is 0.484. The molecule has 0 fully saturated rings. The Morgan fingerprint density at radius 2 is 1.36 bits per heavy atom. The fourth-order valence-corrected chi connectivity index (χ4v) is 3.59. The van der Waals surface area contributed by atoms with Gasteiger partial charge in [0.15, 0.2) is 0 Å². The average molecular weight is 317 g/mol. The van der Waals surface area contributed by atoms with Crippen molar-refractivity contribution >= 4 is 12.8 Å². The molecular weight excluding hydrogens is 293 g/mol. The molecule has 0 bridgehead atoms. The van der Waals surface area contributed by atoms with Gasteiger partial charge in [0.2, 0.25) is 0 Å². The maximum absolute atomic E-state index is 12.9. The number of para-hydroxylation sites is 1. The van der Waals surface area contributed by atoms with Crippen molar-refractivity contribution in [3.8, 4) is 5.75 Å². The quantitative estimate of drug-likeness (QED) is 0.807. The number of benzene rings is 2. The van der Waals surface area contributed by atoms with E-state index >= 15 is 0 Å². The van der Waals surface area contributed by atoms with Crippen molar-refractivity contribution in [1.29, 1.82) is 0 Å². The van der Waals surface area contributed by atoms with Crippen LogP contribution in [0.2, 0.25) is 0 Å². The highest BCUT2D eigenvalue weighted by atomic mass is 31.2. The monoisotopic (exact) mass is 317 g/mol. The largest absolute Gasteiger partial charge is 0.429 e. The van der Waals surface area contributed by atoms with Gasteiger partial charge in [-0.05, 0) is 35.1 Å².